The van der Waals surface area contributed by atoms with E-state index >= 15 is 0 Å². The van der Waals surface area contributed by atoms with Crippen LogP contribution in [0, 0.1) is 5.82 Å². The van der Waals surface area contributed by atoms with Gasteiger partial charge in [-0.2, -0.15) is 0 Å². The molecule has 0 atom stereocenters. The number of ether oxygens (including phenoxy) is 1. The van der Waals surface area contributed by atoms with Crippen LogP contribution in [0.25, 0.3) is 0 Å². The Bertz CT molecular complexity index is 720. The van der Waals surface area contributed by atoms with E-state index in [0.717, 1.165) is 0 Å². The number of rotatable bonds is 5. The molecular formula is C16H14BrFN2O3. The second-order valence-electron chi connectivity index (χ2n) is 4.67. The summed E-state index contributed by atoms with van der Waals surface area (Å²) in [5, 5.41) is 5.05. The Morgan fingerprint density at radius 2 is 1.83 bits per heavy atom. The molecule has 0 unspecified atom stereocenters. The lowest BCUT2D eigenvalue weighted by Gasteiger charge is -2.09. The highest BCUT2D eigenvalue weighted by molar-refractivity contribution is 9.10. The van der Waals surface area contributed by atoms with Gasteiger partial charge in [0.05, 0.1) is 5.69 Å². The molecule has 0 saturated carbocycles. The summed E-state index contributed by atoms with van der Waals surface area (Å²) in [4.78, 5) is 22.7. The van der Waals surface area contributed by atoms with Gasteiger partial charge in [0, 0.05) is 17.1 Å². The molecule has 2 amide bonds. The first-order chi connectivity index (χ1) is 10.9. The first-order valence-electron chi connectivity index (χ1n) is 6.69. The van der Waals surface area contributed by atoms with E-state index in [4.69, 9.17) is 4.74 Å². The normalized spacial score (nSPS) is 10.0. The molecule has 0 spiro atoms. The quantitative estimate of drug-likeness (QED) is 0.832. The fourth-order valence-electron chi connectivity index (χ4n) is 1.76. The van der Waals surface area contributed by atoms with Crippen molar-refractivity contribution < 1.29 is 18.7 Å². The van der Waals surface area contributed by atoms with Crippen LogP contribution in [0.4, 0.5) is 15.8 Å². The maximum atomic E-state index is 13.6. The van der Waals surface area contributed by atoms with Gasteiger partial charge in [-0.1, -0.05) is 15.9 Å². The summed E-state index contributed by atoms with van der Waals surface area (Å²) in [7, 11) is 0. The zero-order valence-electron chi connectivity index (χ0n) is 12.2. The lowest BCUT2D eigenvalue weighted by Crippen LogP contribution is -2.20. The summed E-state index contributed by atoms with van der Waals surface area (Å²) in [6.07, 6.45) is 0. The Labute approximate surface area is 141 Å². The van der Waals surface area contributed by atoms with Crippen LogP contribution in [0.15, 0.2) is 46.9 Å². The topological polar surface area (TPSA) is 67.4 Å². The number of carbonyl (C=O) groups excluding carboxylic acids is 2. The van der Waals surface area contributed by atoms with Crippen molar-refractivity contribution in [3.8, 4) is 5.75 Å². The minimum atomic E-state index is -0.535. The number of carbonyl (C=O) groups is 2. The van der Waals surface area contributed by atoms with Crippen LogP contribution in [0.1, 0.15) is 6.92 Å². The molecule has 0 aliphatic heterocycles. The van der Waals surface area contributed by atoms with E-state index < -0.39 is 11.7 Å². The highest BCUT2D eigenvalue weighted by atomic mass is 79.9. The van der Waals surface area contributed by atoms with Crippen LogP contribution in [-0.4, -0.2) is 18.4 Å². The van der Waals surface area contributed by atoms with Crippen molar-refractivity contribution >= 4 is 39.1 Å². The Hall–Kier alpha value is -2.41. The van der Waals surface area contributed by atoms with Gasteiger partial charge in [-0.3, -0.25) is 9.59 Å². The van der Waals surface area contributed by atoms with Gasteiger partial charge in [-0.25, -0.2) is 4.39 Å². The van der Waals surface area contributed by atoms with Gasteiger partial charge >= 0.3 is 0 Å². The molecule has 5 nitrogen and oxygen atoms in total. The zero-order chi connectivity index (χ0) is 16.8. The SMILES string of the molecule is CC(=O)Nc1ccc(OCC(=O)Nc2ccc(Br)cc2F)cc1. The second-order valence-corrected chi connectivity index (χ2v) is 5.58. The van der Waals surface area contributed by atoms with Crippen LogP contribution < -0.4 is 15.4 Å². The smallest absolute Gasteiger partial charge is 0.262 e. The van der Waals surface area contributed by atoms with E-state index in [1.165, 1.54) is 19.1 Å². The summed E-state index contributed by atoms with van der Waals surface area (Å²) in [5.74, 6) is -0.718. The average molecular weight is 381 g/mol. The number of benzene rings is 2. The van der Waals surface area contributed by atoms with E-state index in [1.807, 2.05) is 0 Å². The summed E-state index contributed by atoms with van der Waals surface area (Å²) < 4.78 is 19.5. The third-order valence-electron chi connectivity index (χ3n) is 2.75. The van der Waals surface area contributed by atoms with Gasteiger partial charge in [-0.05, 0) is 42.5 Å². The number of halogens is 2. The van der Waals surface area contributed by atoms with Gasteiger partial charge in [0.2, 0.25) is 5.91 Å². The number of anilines is 2. The molecule has 2 rings (SSSR count). The van der Waals surface area contributed by atoms with Crippen molar-refractivity contribution in [1.82, 2.24) is 0 Å². The first-order valence-corrected chi connectivity index (χ1v) is 7.48. The molecule has 0 bridgehead atoms. The Balaban J connectivity index is 1.87. The van der Waals surface area contributed by atoms with Crippen LogP contribution in [0.2, 0.25) is 0 Å². The van der Waals surface area contributed by atoms with Gasteiger partial charge in [0.15, 0.2) is 6.61 Å². The van der Waals surface area contributed by atoms with Crippen molar-refractivity contribution in [2.24, 2.45) is 0 Å². The Morgan fingerprint density at radius 3 is 2.43 bits per heavy atom. The Kier molecular flexibility index (Phi) is 5.70. The standard InChI is InChI=1S/C16H14BrFN2O3/c1-10(21)19-12-3-5-13(6-4-12)23-9-16(22)20-15-7-2-11(17)8-14(15)18/h2-8H,9H2,1H3,(H,19,21)(H,20,22). The largest absolute Gasteiger partial charge is 0.484 e. The minimum Gasteiger partial charge on any atom is -0.484 e. The molecule has 0 aromatic heterocycles. The molecule has 0 aliphatic rings. The number of amides is 2. The van der Waals surface area contributed by atoms with E-state index in [0.29, 0.717) is 15.9 Å². The predicted molar refractivity (Wildman–Crippen MR) is 89.0 cm³/mol. The zero-order valence-corrected chi connectivity index (χ0v) is 13.8. The maximum absolute atomic E-state index is 13.6. The van der Waals surface area contributed by atoms with Crippen LogP contribution in [-0.2, 0) is 9.59 Å². The fraction of sp³-hybridized carbons (Fsp3) is 0.125. The van der Waals surface area contributed by atoms with Crippen LogP contribution in [0.5, 0.6) is 5.75 Å². The monoisotopic (exact) mass is 380 g/mol. The first kappa shape index (κ1) is 17.0. The number of hydrogen-bond acceptors (Lipinski definition) is 3. The molecule has 0 fully saturated rings. The predicted octanol–water partition coefficient (Wildman–Crippen LogP) is 3.56. The van der Waals surface area contributed by atoms with Crippen molar-refractivity contribution in [3.63, 3.8) is 0 Å². The maximum Gasteiger partial charge on any atom is 0.262 e. The molecule has 2 aromatic rings. The van der Waals surface area contributed by atoms with Gasteiger partial charge in [-0.15, -0.1) is 0 Å². The molecule has 0 heterocycles. The van der Waals surface area contributed by atoms with Gasteiger partial charge in [0.25, 0.3) is 5.91 Å². The minimum absolute atomic E-state index is 0.0859. The third kappa shape index (κ3) is 5.37. The van der Waals surface area contributed by atoms with Crippen molar-refractivity contribution in [1.29, 1.82) is 0 Å². The summed E-state index contributed by atoms with van der Waals surface area (Å²) in [6, 6.07) is 10.9. The molecule has 0 radical (unpaired) electrons. The van der Waals surface area contributed by atoms with E-state index in [9.17, 15) is 14.0 Å². The van der Waals surface area contributed by atoms with Gasteiger partial charge < -0.3 is 15.4 Å². The fourth-order valence-corrected chi connectivity index (χ4v) is 2.10. The molecular weight excluding hydrogens is 367 g/mol. The molecule has 2 N–H and O–H groups in total. The van der Waals surface area contributed by atoms with Crippen LogP contribution in [0.3, 0.4) is 0 Å². The number of hydrogen-bond donors (Lipinski definition) is 2. The highest BCUT2D eigenvalue weighted by Gasteiger charge is 2.08. The van der Waals surface area contributed by atoms with Crippen molar-refractivity contribution in [3.05, 3.63) is 52.8 Å². The Morgan fingerprint density at radius 1 is 1.13 bits per heavy atom. The molecule has 0 saturated heterocycles. The molecule has 2 aromatic carbocycles. The summed E-state index contributed by atoms with van der Waals surface area (Å²) >= 11 is 3.14. The molecule has 23 heavy (non-hydrogen) atoms. The lowest BCUT2D eigenvalue weighted by molar-refractivity contribution is -0.118. The average Bonchev–Trinajstić information content (AvgIpc) is 2.49. The van der Waals surface area contributed by atoms with Crippen LogP contribution >= 0.6 is 15.9 Å². The van der Waals surface area contributed by atoms with E-state index in [1.54, 1.807) is 30.3 Å². The van der Waals surface area contributed by atoms with Crippen molar-refractivity contribution in [2.75, 3.05) is 17.2 Å². The van der Waals surface area contributed by atoms with E-state index in [-0.39, 0.29) is 18.2 Å². The van der Waals surface area contributed by atoms with Gasteiger partial charge in [0.1, 0.15) is 11.6 Å². The summed E-state index contributed by atoms with van der Waals surface area (Å²) in [6.45, 7) is 1.16. The van der Waals surface area contributed by atoms with E-state index in [2.05, 4.69) is 26.6 Å². The second kappa shape index (κ2) is 7.73. The van der Waals surface area contributed by atoms with Crippen molar-refractivity contribution in [2.45, 2.75) is 6.92 Å². The highest BCUT2D eigenvalue weighted by Crippen LogP contribution is 2.19. The molecule has 0 aliphatic carbocycles. The third-order valence-corrected chi connectivity index (χ3v) is 3.24. The molecule has 7 heteroatoms. The molecule has 120 valence electrons. The lowest BCUT2D eigenvalue weighted by atomic mass is 10.3. The summed E-state index contributed by atoms with van der Waals surface area (Å²) in [5.41, 5.74) is 0.717. The number of nitrogens with one attached hydrogen (secondary N) is 2.